The van der Waals surface area contributed by atoms with E-state index in [2.05, 4.69) is 88.7 Å². The predicted octanol–water partition coefficient (Wildman–Crippen LogP) is 6.91. The normalized spacial score (nSPS) is 9.54. The van der Waals surface area contributed by atoms with Crippen LogP contribution in [0.2, 0.25) is 0 Å². The molecule has 4 rings (SSSR count). The van der Waals surface area contributed by atoms with E-state index >= 15 is 0 Å². The van der Waals surface area contributed by atoms with Gasteiger partial charge in [-0.05, 0) is 23.3 Å². The summed E-state index contributed by atoms with van der Waals surface area (Å²) in [5.74, 6) is 0. The van der Waals surface area contributed by atoms with Crippen LogP contribution in [0.4, 0.5) is 0 Å². The number of hydrogen-bond donors (Lipinski definition) is 0. The minimum Gasteiger partial charge on any atom is -0.214 e. The number of rotatable bonds is 2. The van der Waals surface area contributed by atoms with Crippen LogP contribution in [0.5, 0.6) is 0 Å². The van der Waals surface area contributed by atoms with Crippen LogP contribution in [0.3, 0.4) is 0 Å². The standard InChI is InChI=1S/C17H12Br.C5H5.Fe/c18-17-11-9-16(10-12-17)15-7-5-14(6-8-15)13-3-1-2-4-13;1-2-4-5-3-1;/h1-12H;1-5H;/q2*-1;+2. The summed E-state index contributed by atoms with van der Waals surface area (Å²) in [6.07, 6.45) is 0. The molecule has 4 aromatic carbocycles. The molecule has 4 aromatic rings. The summed E-state index contributed by atoms with van der Waals surface area (Å²) in [6, 6.07) is 35.5. The van der Waals surface area contributed by atoms with Gasteiger partial charge in [-0.3, -0.25) is 0 Å². The second-order valence-corrected chi connectivity index (χ2v) is 6.14. The monoisotopic (exact) mass is 416 g/mol. The van der Waals surface area contributed by atoms with E-state index in [4.69, 9.17) is 0 Å². The first kappa shape index (κ1) is 18.5. The third-order valence-electron chi connectivity index (χ3n) is 3.61. The van der Waals surface area contributed by atoms with Gasteiger partial charge >= 0.3 is 17.1 Å². The van der Waals surface area contributed by atoms with Gasteiger partial charge in [0.15, 0.2) is 0 Å². The molecule has 0 heterocycles. The Kier molecular flexibility index (Phi) is 7.27. The van der Waals surface area contributed by atoms with Crippen molar-refractivity contribution in [2.75, 3.05) is 0 Å². The van der Waals surface area contributed by atoms with Crippen LogP contribution in [-0.4, -0.2) is 0 Å². The summed E-state index contributed by atoms with van der Waals surface area (Å²) >= 11 is 3.46. The van der Waals surface area contributed by atoms with Crippen molar-refractivity contribution in [3.05, 3.63) is 108 Å². The molecule has 0 radical (unpaired) electrons. The van der Waals surface area contributed by atoms with Crippen molar-refractivity contribution in [3.8, 4) is 22.3 Å². The van der Waals surface area contributed by atoms with Gasteiger partial charge in [-0.15, -0.1) is 29.8 Å². The quantitative estimate of drug-likeness (QED) is 0.246. The summed E-state index contributed by atoms with van der Waals surface area (Å²) in [7, 11) is 0. The Labute approximate surface area is 162 Å². The molecule has 0 N–H and O–H groups in total. The van der Waals surface area contributed by atoms with E-state index in [0.717, 1.165) is 4.47 Å². The van der Waals surface area contributed by atoms with Gasteiger partial charge < -0.3 is 0 Å². The van der Waals surface area contributed by atoms with Gasteiger partial charge in [0.1, 0.15) is 0 Å². The van der Waals surface area contributed by atoms with Crippen LogP contribution in [0.1, 0.15) is 0 Å². The van der Waals surface area contributed by atoms with Crippen LogP contribution >= 0.6 is 15.9 Å². The fourth-order valence-corrected chi connectivity index (χ4v) is 2.65. The minimum absolute atomic E-state index is 0. The summed E-state index contributed by atoms with van der Waals surface area (Å²) < 4.78 is 1.11. The summed E-state index contributed by atoms with van der Waals surface area (Å²) in [5.41, 5.74) is 5.03. The Hall–Kier alpha value is -1.86. The molecule has 2 heteroatoms. The summed E-state index contributed by atoms with van der Waals surface area (Å²) in [5, 5.41) is 0. The van der Waals surface area contributed by atoms with Gasteiger partial charge in [-0.1, -0.05) is 45.8 Å². The molecule has 120 valence electrons. The van der Waals surface area contributed by atoms with Crippen LogP contribution < -0.4 is 0 Å². The van der Waals surface area contributed by atoms with E-state index in [1.54, 1.807) is 0 Å². The smallest absolute Gasteiger partial charge is 0.214 e. The zero-order valence-corrected chi connectivity index (χ0v) is 15.7. The molecule has 0 aromatic heterocycles. The second kappa shape index (κ2) is 9.44. The topological polar surface area (TPSA) is 0 Å². The van der Waals surface area contributed by atoms with Crippen LogP contribution in [0.25, 0.3) is 22.3 Å². The summed E-state index contributed by atoms with van der Waals surface area (Å²) in [6.45, 7) is 0. The van der Waals surface area contributed by atoms with E-state index < -0.39 is 0 Å². The molecule has 0 saturated carbocycles. The molecule has 0 unspecified atom stereocenters. The van der Waals surface area contributed by atoms with Crippen LogP contribution in [-0.2, 0) is 17.1 Å². The average Bonchev–Trinajstić information content (AvgIpc) is 3.32. The first-order chi connectivity index (χ1) is 11.3. The molecule has 0 bridgehead atoms. The first-order valence-corrected chi connectivity index (χ1v) is 8.37. The van der Waals surface area contributed by atoms with Gasteiger partial charge in [0, 0.05) is 4.47 Å². The van der Waals surface area contributed by atoms with Gasteiger partial charge in [0.25, 0.3) is 0 Å². The molecule has 0 aliphatic carbocycles. The Bertz CT molecular complexity index is 778. The molecule has 0 nitrogen and oxygen atoms in total. The first-order valence-electron chi connectivity index (χ1n) is 7.58. The maximum atomic E-state index is 3.46. The average molecular weight is 417 g/mol. The predicted molar refractivity (Wildman–Crippen MR) is 103 cm³/mol. The molecule has 0 fully saturated rings. The third-order valence-corrected chi connectivity index (χ3v) is 4.14. The van der Waals surface area contributed by atoms with Crippen molar-refractivity contribution < 1.29 is 17.1 Å². The number of halogens is 1. The Morgan fingerprint density at radius 3 is 1.62 bits per heavy atom. The van der Waals surface area contributed by atoms with Gasteiger partial charge in [-0.2, -0.15) is 30.3 Å². The Morgan fingerprint density at radius 2 is 1.17 bits per heavy atom. The molecule has 24 heavy (non-hydrogen) atoms. The maximum Gasteiger partial charge on any atom is 2.00 e. The van der Waals surface area contributed by atoms with Crippen molar-refractivity contribution in [2.45, 2.75) is 0 Å². The fraction of sp³-hybridized carbons (Fsp3) is 0. The molecule has 0 atom stereocenters. The third kappa shape index (κ3) is 5.07. The van der Waals surface area contributed by atoms with E-state index in [-0.39, 0.29) is 17.1 Å². The van der Waals surface area contributed by atoms with Crippen molar-refractivity contribution in [3.63, 3.8) is 0 Å². The zero-order valence-electron chi connectivity index (χ0n) is 13.0. The minimum atomic E-state index is 0. The molecular formula is C22H17BrFe. The molecular weight excluding hydrogens is 400 g/mol. The van der Waals surface area contributed by atoms with Gasteiger partial charge in [0.2, 0.25) is 0 Å². The molecule has 0 spiro atoms. The van der Waals surface area contributed by atoms with Crippen molar-refractivity contribution in [1.29, 1.82) is 0 Å². The number of hydrogen-bond acceptors (Lipinski definition) is 0. The fourth-order valence-electron chi connectivity index (χ4n) is 2.38. The van der Waals surface area contributed by atoms with Crippen molar-refractivity contribution >= 4 is 15.9 Å². The van der Waals surface area contributed by atoms with Gasteiger partial charge in [0.05, 0.1) is 0 Å². The Balaban J connectivity index is 0.000000300. The molecule has 0 saturated heterocycles. The second-order valence-electron chi connectivity index (χ2n) is 5.22. The molecule has 0 aliphatic rings. The van der Waals surface area contributed by atoms with Crippen LogP contribution in [0, 0.1) is 0 Å². The van der Waals surface area contributed by atoms with E-state index in [0.29, 0.717) is 0 Å². The SMILES string of the molecule is Brc1ccc(-c2ccc(-[c-]3cccc3)cc2)cc1.[Fe+2].c1cc[cH-]c1. The number of benzene rings is 2. The molecule has 0 amide bonds. The van der Waals surface area contributed by atoms with Gasteiger partial charge in [-0.25, -0.2) is 12.1 Å². The van der Waals surface area contributed by atoms with Crippen molar-refractivity contribution in [2.24, 2.45) is 0 Å². The summed E-state index contributed by atoms with van der Waals surface area (Å²) in [4.78, 5) is 0. The largest absolute Gasteiger partial charge is 2.00 e. The molecule has 0 aliphatic heterocycles. The van der Waals surface area contributed by atoms with E-state index in [1.165, 1.54) is 22.3 Å². The Morgan fingerprint density at radius 1 is 0.667 bits per heavy atom. The van der Waals surface area contributed by atoms with Crippen molar-refractivity contribution in [1.82, 2.24) is 0 Å². The van der Waals surface area contributed by atoms with E-state index in [9.17, 15) is 0 Å². The zero-order chi connectivity index (χ0) is 15.9. The van der Waals surface area contributed by atoms with E-state index in [1.807, 2.05) is 30.3 Å². The van der Waals surface area contributed by atoms with Crippen LogP contribution in [0.15, 0.2) is 108 Å². The maximum absolute atomic E-state index is 3.46.